The molecule has 1 amide bonds. The molecule has 2 rings (SSSR count). The summed E-state index contributed by atoms with van der Waals surface area (Å²) >= 11 is 0. The third kappa shape index (κ3) is 1.77. The van der Waals surface area contributed by atoms with Crippen LogP contribution in [0.25, 0.3) is 0 Å². The number of carbonyl (C=O) groups excluding carboxylic acids is 1. The van der Waals surface area contributed by atoms with Gasteiger partial charge in [-0.2, -0.15) is 0 Å². The number of nitro benzene ring substituents is 1. The molecule has 6 heteroatoms. The topological polar surface area (TPSA) is 84.6 Å². The standard InChI is InChI=1S/C10H9N3O3/c1-6-10(14)12-9(11-6)7-2-4-8(5-3-7)13(15)16/h2-6H,1H3,(H,11,12,14). The molecule has 1 aliphatic rings. The normalized spacial score (nSPS) is 19.2. The van der Waals surface area contributed by atoms with Gasteiger partial charge in [-0.25, -0.2) is 0 Å². The fraction of sp³-hybridized carbons (Fsp3) is 0.200. The lowest BCUT2D eigenvalue weighted by atomic mass is 10.2. The van der Waals surface area contributed by atoms with Crippen molar-refractivity contribution in [2.75, 3.05) is 0 Å². The van der Waals surface area contributed by atoms with Gasteiger partial charge in [0.2, 0.25) is 5.91 Å². The largest absolute Gasteiger partial charge is 0.309 e. The van der Waals surface area contributed by atoms with E-state index in [1.165, 1.54) is 12.1 Å². The molecule has 0 radical (unpaired) electrons. The Balaban J connectivity index is 2.26. The maximum Gasteiger partial charge on any atom is 0.269 e. The van der Waals surface area contributed by atoms with Gasteiger partial charge in [-0.05, 0) is 19.1 Å². The maximum absolute atomic E-state index is 11.2. The van der Waals surface area contributed by atoms with Crippen molar-refractivity contribution in [2.45, 2.75) is 13.0 Å². The zero-order chi connectivity index (χ0) is 11.7. The Morgan fingerprint density at radius 1 is 1.38 bits per heavy atom. The molecule has 82 valence electrons. The number of amidine groups is 1. The monoisotopic (exact) mass is 219 g/mol. The Bertz CT molecular complexity index is 479. The van der Waals surface area contributed by atoms with Crippen LogP contribution in [0, 0.1) is 10.1 Å². The summed E-state index contributed by atoms with van der Waals surface area (Å²) in [7, 11) is 0. The van der Waals surface area contributed by atoms with Crippen LogP contribution in [0.1, 0.15) is 12.5 Å². The molecule has 0 aliphatic carbocycles. The first-order valence-corrected chi connectivity index (χ1v) is 4.71. The molecule has 0 saturated carbocycles. The van der Waals surface area contributed by atoms with Crippen LogP contribution in [-0.4, -0.2) is 22.7 Å². The SMILES string of the molecule is CC1N=C(c2ccc([N+](=O)[O-])cc2)NC1=O. The summed E-state index contributed by atoms with van der Waals surface area (Å²) in [6.07, 6.45) is 0. The Labute approximate surface area is 91.1 Å². The predicted octanol–water partition coefficient (Wildman–Crippen LogP) is 0.860. The molecule has 0 fully saturated rings. The first-order chi connectivity index (χ1) is 7.58. The lowest BCUT2D eigenvalue weighted by molar-refractivity contribution is -0.384. The third-order valence-electron chi connectivity index (χ3n) is 2.30. The molecule has 1 atom stereocenters. The molecular formula is C10H9N3O3. The smallest absolute Gasteiger partial charge is 0.269 e. The van der Waals surface area contributed by atoms with Crippen LogP contribution < -0.4 is 5.32 Å². The quantitative estimate of drug-likeness (QED) is 0.591. The average molecular weight is 219 g/mol. The highest BCUT2D eigenvalue weighted by atomic mass is 16.6. The molecule has 1 unspecified atom stereocenters. The fourth-order valence-electron chi connectivity index (χ4n) is 1.39. The van der Waals surface area contributed by atoms with Crippen molar-refractivity contribution in [1.29, 1.82) is 0 Å². The number of nitrogens with one attached hydrogen (secondary N) is 1. The molecule has 1 heterocycles. The Morgan fingerprint density at radius 2 is 2.00 bits per heavy atom. The number of hydrogen-bond donors (Lipinski definition) is 1. The fourth-order valence-corrected chi connectivity index (χ4v) is 1.39. The molecule has 0 bridgehead atoms. The second-order valence-electron chi connectivity index (χ2n) is 3.45. The molecule has 0 spiro atoms. The highest BCUT2D eigenvalue weighted by molar-refractivity contribution is 6.13. The summed E-state index contributed by atoms with van der Waals surface area (Å²) in [5.41, 5.74) is 0.685. The van der Waals surface area contributed by atoms with Crippen LogP contribution in [-0.2, 0) is 4.79 Å². The molecular weight excluding hydrogens is 210 g/mol. The van der Waals surface area contributed by atoms with Crippen LogP contribution in [0.4, 0.5) is 5.69 Å². The average Bonchev–Trinajstić information content (AvgIpc) is 2.59. The van der Waals surface area contributed by atoms with Crippen molar-refractivity contribution in [3.63, 3.8) is 0 Å². The number of aliphatic imine (C=N–C) groups is 1. The van der Waals surface area contributed by atoms with Crippen LogP contribution >= 0.6 is 0 Å². The van der Waals surface area contributed by atoms with E-state index in [-0.39, 0.29) is 11.6 Å². The van der Waals surface area contributed by atoms with E-state index in [2.05, 4.69) is 10.3 Å². The summed E-state index contributed by atoms with van der Waals surface area (Å²) in [5.74, 6) is 0.306. The number of rotatable bonds is 2. The van der Waals surface area contributed by atoms with E-state index in [0.717, 1.165) is 0 Å². The molecule has 1 aliphatic heterocycles. The van der Waals surface area contributed by atoms with E-state index >= 15 is 0 Å². The maximum atomic E-state index is 11.2. The molecule has 0 aromatic heterocycles. The van der Waals surface area contributed by atoms with E-state index < -0.39 is 11.0 Å². The van der Waals surface area contributed by atoms with Crippen molar-refractivity contribution in [1.82, 2.24) is 5.32 Å². The summed E-state index contributed by atoms with van der Waals surface area (Å²) in [5, 5.41) is 13.1. The predicted molar refractivity (Wildman–Crippen MR) is 57.2 cm³/mol. The lowest BCUT2D eigenvalue weighted by Gasteiger charge is -1.99. The highest BCUT2D eigenvalue weighted by Crippen LogP contribution is 2.14. The van der Waals surface area contributed by atoms with Gasteiger partial charge in [0.25, 0.3) is 5.69 Å². The zero-order valence-electron chi connectivity index (χ0n) is 8.51. The number of amides is 1. The Hall–Kier alpha value is -2.24. The van der Waals surface area contributed by atoms with E-state index in [4.69, 9.17) is 0 Å². The van der Waals surface area contributed by atoms with Crippen LogP contribution in [0.5, 0.6) is 0 Å². The summed E-state index contributed by atoms with van der Waals surface area (Å²) in [4.78, 5) is 25.3. The van der Waals surface area contributed by atoms with Gasteiger partial charge < -0.3 is 5.32 Å². The number of nitrogens with zero attached hydrogens (tertiary/aromatic N) is 2. The van der Waals surface area contributed by atoms with Gasteiger partial charge in [-0.3, -0.25) is 19.9 Å². The van der Waals surface area contributed by atoms with Gasteiger partial charge in [0, 0.05) is 17.7 Å². The molecule has 1 aromatic rings. The van der Waals surface area contributed by atoms with E-state index in [1.54, 1.807) is 19.1 Å². The van der Waals surface area contributed by atoms with Gasteiger partial charge in [-0.1, -0.05) is 0 Å². The van der Waals surface area contributed by atoms with E-state index in [1.807, 2.05) is 0 Å². The van der Waals surface area contributed by atoms with Gasteiger partial charge in [-0.15, -0.1) is 0 Å². The zero-order valence-corrected chi connectivity index (χ0v) is 8.51. The Kier molecular flexibility index (Phi) is 2.40. The van der Waals surface area contributed by atoms with Crippen molar-refractivity contribution < 1.29 is 9.72 Å². The molecule has 0 saturated heterocycles. The van der Waals surface area contributed by atoms with E-state index in [0.29, 0.717) is 11.4 Å². The third-order valence-corrected chi connectivity index (χ3v) is 2.30. The second kappa shape index (κ2) is 3.73. The van der Waals surface area contributed by atoms with Gasteiger partial charge in [0.1, 0.15) is 11.9 Å². The minimum atomic E-state index is -0.471. The second-order valence-corrected chi connectivity index (χ2v) is 3.45. The molecule has 6 nitrogen and oxygen atoms in total. The van der Waals surface area contributed by atoms with Crippen molar-refractivity contribution in [3.8, 4) is 0 Å². The Morgan fingerprint density at radius 3 is 2.44 bits per heavy atom. The number of nitro groups is 1. The molecule has 1 N–H and O–H groups in total. The lowest BCUT2D eigenvalue weighted by Crippen LogP contribution is -2.27. The van der Waals surface area contributed by atoms with Crippen molar-refractivity contribution in [3.05, 3.63) is 39.9 Å². The first kappa shape index (κ1) is 10.3. The van der Waals surface area contributed by atoms with Gasteiger partial charge >= 0.3 is 0 Å². The van der Waals surface area contributed by atoms with Crippen LogP contribution in [0.15, 0.2) is 29.3 Å². The van der Waals surface area contributed by atoms with Crippen molar-refractivity contribution in [2.24, 2.45) is 4.99 Å². The first-order valence-electron chi connectivity index (χ1n) is 4.71. The minimum Gasteiger partial charge on any atom is -0.309 e. The minimum absolute atomic E-state index is 0.0155. The van der Waals surface area contributed by atoms with Crippen LogP contribution in [0.3, 0.4) is 0 Å². The molecule has 16 heavy (non-hydrogen) atoms. The number of hydrogen-bond acceptors (Lipinski definition) is 4. The van der Waals surface area contributed by atoms with Gasteiger partial charge in [0.05, 0.1) is 4.92 Å². The number of non-ortho nitro benzene ring substituents is 1. The van der Waals surface area contributed by atoms with E-state index in [9.17, 15) is 14.9 Å². The summed E-state index contributed by atoms with van der Waals surface area (Å²) in [6, 6.07) is 5.50. The number of benzene rings is 1. The number of carbonyl (C=O) groups is 1. The summed E-state index contributed by atoms with van der Waals surface area (Å²) in [6.45, 7) is 1.69. The van der Waals surface area contributed by atoms with Gasteiger partial charge in [0.15, 0.2) is 0 Å². The van der Waals surface area contributed by atoms with Crippen LogP contribution in [0.2, 0.25) is 0 Å². The van der Waals surface area contributed by atoms with Crippen molar-refractivity contribution >= 4 is 17.4 Å². The highest BCUT2D eigenvalue weighted by Gasteiger charge is 2.22. The molecule has 1 aromatic carbocycles. The summed E-state index contributed by atoms with van der Waals surface area (Å²) < 4.78 is 0.